The number of hydrogen-bond acceptors (Lipinski definition) is 3. The molecule has 4 heteroatoms. The van der Waals surface area contributed by atoms with E-state index in [0.717, 1.165) is 11.1 Å². The topological polar surface area (TPSA) is 69.4 Å². The first-order valence-corrected chi connectivity index (χ1v) is 6.53. The smallest absolute Gasteiger partial charge is 0.334 e. The van der Waals surface area contributed by atoms with Crippen molar-refractivity contribution in [2.75, 3.05) is 7.11 Å². The maximum Gasteiger partial charge on any atom is 0.334 e. The van der Waals surface area contributed by atoms with Crippen molar-refractivity contribution in [3.05, 3.63) is 46.5 Å². The molecule has 1 aromatic rings. The summed E-state index contributed by atoms with van der Waals surface area (Å²) in [5.41, 5.74) is 8.27. The number of benzene rings is 1. The van der Waals surface area contributed by atoms with Crippen molar-refractivity contribution in [3.63, 3.8) is 0 Å². The minimum atomic E-state index is -0.460. The van der Waals surface area contributed by atoms with E-state index in [1.54, 1.807) is 24.3 Å². The molecule has 0 atom stereocenters. The normalized spacial score (nSPS) is 12.1. The van der Waals surface area contributed by atoms with Gasteiger partial charge in [0.05, 0.1) is 7.11 Å². The molecule has 0 bridgehead atoms. The van der Waals surface area contributed by atoms with Crippen molar-refractivity contribution >= 4 is 11.9 Å². The SMILES string of the molecule is COC(=O)/C(Cc1ccc(C(N)=O)cc1)=C(\C)C(C)C. The van der Waals surface area contributed by atoms with Gasteiger partial charge in [-0.2, -0.15) is 0 Å². The number of amides is 1. The lowest BCUT2D eigenvalue weighted by atomic mass is 9.94. The van der Waals surface area contributed by atoms with Crippen LogP contribution in [0.3, 0.4) is 0 Å². The summed E-state index contributed by atoms with van der Waals surface area (Å²) in [5.74, 6) is -0.497. The van der Waals surface area contributed by atoms with Crippen molar-refractivity contribution in [2.24, 2.45) is 11.7 Å². The van der Waals surface area contributed by atoms with E-state index >= 15 is 0 Å². The Morgan fingerprint density at radius 2 is 1.75 bits per heavy atom. The van der Waals surface area contributed by atoms with Crippen LogP contribution in [0.1, 0.15) is 36.7 Å². The first-order chi connectivity index (χ1) is 9.36. The molecule has 0 fully saturated rings. The summed E-state index contributed by atoms with van der Waals surface area (Å²) in [5, 5.41) is 0. The van der Waals surface area contributed by atoms with Gasteiger partial charge in [-0.3, -0.25) is 4.79 Å². The lowest BCUT2D eigenvalue weighted by Gasteiger charge is -2.13. The minimum Gasteiger partial charge on any atom is -0.466 e. The number of esters is 1. The number of carbonyl (C=O) groups is 2. The maximum atomic E-state index is 11.9. The van der Waals surface area contributed by atoms with Crippen LogP contribution in [0.2, 0.25) is 0 Å². The fourth-order valence-electron chi connectivity index (χ4n) is 1.84. The molecule has 0 aliphatic rings. The number of nitrogens with two attached hydrogens (primary N) is 1. The molecule has 0 saturated heterocycles. The summed E-state index contributed by atoms with van der Waals surface area (Å²) < 4.78 is 4.85. The third kappa shape index (κ3) is 3.95. The van der Waals surface area contributed by atoms with Gasteiger partial charge in [0.15, 0.2) is 0 Å². The highest BCUT2D eigenvalue weighted by atomic mass is 16.5. The summed E-state index contributed by atoms with van der Waals surface area (Å²) >= 11 is 0. The Balaban J connectivity index is 3.05. The monoisotopic (exact) mass is 275 g/mol. The number of hydrogen-bond donors (Lipinski definition) is 1. The zero-order valence-electron chi connectivity index (χ0n) is 12.4. The first kappa shape index (κ1) is 16.0. The van der Waals surface area contributed by atoms with E-state index in [-0.39, 0.29) is 11.9 Å². The highest BCUT2D eigenvalue weighted by Gasteiger charge is 2.16. The Morgan fingerprint density at radius 1 is 1.20 bits per heavy atom. The van der Waals surface area contributed by atoms with Gasteiger partial charge in [-0.05, 0) is 30.5 Å². The standard InChI is InChI=1S/C16H21NO3/c1-10(2)11(3)14(16(19)20-4)9-12-5-7-13(8-6-12)15(17)18/h5-8,10H,9H2,1-4H3,(H2,17,18)/b14-11+. The van der Waals surface area contributed by atoms with Gasteiger partial charge in [-0.25, -0.2) is 4.79 Å². The molecule has 20 heavy (non-hydrogen) atoms. The first-order valence-electron chi connectivity index (χ1n) is 6.53. The molecule has 0 radical (unpaired) electrons. The molecular weight excluding hydrogens is 254 g/mol. The van der Waals surface area contributed by atoms with E-state index in [9.17, 15) is 9.59 Å². The number of allylic oxidation sites excluding steroid dienone is 1. The van der Waals surface area contributed by atoms with Gasteiger partial charge in [-0.15, -0.1) is 0 Å². The van der Waals surface area contributed by atoms with Gasteiger partial charge in [0, 0.05) is 17.6 Å². The molecule has 0 heterocycles. The summed E-state index contributed by atoms with van der Waals surface area (Å²) in [4.78, 5) is 22.9. The zero-order valence-corrected chi connectivity index (χ0v) is 12.4. The molecule has 0 aromatic heterocycles. The van der Waals surface area contributed by atoms with Gasteiger partial charge in [-0.1, -0.05) is 31.6 Å². The van der Waals surface area contributed by atoms with Crippen LogP contribution in [0.15, 0.2) is 35.4 Å². The van der Waals surface area contributed by atoms with Crippen molar-refractivity contribution < 1.29 is 14.3 Å². The van der Waals surface area contributed by atoms with Gasteiger partial charge in [0.25, 0.3) is 0 Å². The number of ether oxygens (including phenoxy) is 1. The lowest BCUT2D eigenvalue weighted by molar-refractivity contribution is -0.136. The molecular formula is C16H21NO3. The van der Waals surface area contributed by atoms with Crippen LogP contribution in [0.5, 0.6) is 0 Å². The third-order valence-corrected chi connectivity index (χ3v) is 3.39. The summed E-state index contributed by atoms with van der Waals surface area (Å²) in [6, 6.07) is 6.93. The van der Waals surface area contributed by atoms with Gasteiger partial charge in [0.1, 0.15) is 0 Å². The Labute approximate surface area is 119 Å². The Hall–Kier alpha value is -2.10. The van der Waals surface area contributed by atoms with Crippen LogP contribution in [-0.4, -0.2) is 19.0 Å². The van der Waals surface area contributed by atoms with Gasteiger partial charge >= 0.3 is 5.97 Å². The van der Waals surface area contributed by atoms with Crippen molar-refractivity contribution in [2.45, 2.75) is 27.2 Å². The Kier molecular flexibility index (Phi) is 5.50. The largest absolute Gasteiger partial charge is 0.466 e. The van der Waals surface area contributed by atoms with Crippen LogP contribution >= 0.6 is 0 Å². The number of methoxy groups -OCH3 is 1. The van der Waals surface area contributed by atoms with Crippen LogP contribution in [0, 0.1) is 5.92 Å². The van der Waals surface area contributed by atoms with E-state index in [0.29, 0.717) is 17.6 Å². The average Bonchev–Trinajstić information content (AvgIpc) is 2.43. The zero-order chi connectivity index (χ0) is 15.3. The molecule has 4 nitrogen and oxygen atoms in total. The fourth-order valence-corrected chi connectivity index (χ4v) is 1.84. The van der Waals surface area contributed by atoms with Crippen LogP contribution < -0.4 is 5.73 Å². The van der Waals surface area contributed by atoms with E-state index in [1.165, 1.54) is 7.11 Å². The number of primary amides is 1. The van der Waals surface area contributed by atoms with E-state index in [2.05, 4.69) is 0 Å². The van der Waals surface area contributed by atoms with Gasteiger partial charge in [0.2, 0.25) is 5.91 Å². The van der Waals surface area contributed by atoms with Crippen LogP contribution in [0.25, 0.3) is 0 Å². The molecule has 0 aliphatic carbocycles. The number of carbonyl (C=O) groups excluding carboxylic acids is 2. The molecule has 0 aliphatic heterocycles. The predicted octanol–water partition coefficient (Wildman–Crippen LogP) is 2.47. The van der Waals surface area contributed by atoms with Crippen molar-refractivity contribution in [1.29, 1.82) is 0 Å². The van der Waals surface area contributed by atoms with Crippen LogP contribution in [0.4, 0.5) is 0 Å². The summed E-state index contributed by atoms with van der Waals surface area (Å²) in [7, 11) is 1.38. The summed E-state index contributed by atoms with van der Waals surface area (Å²) in [6.45, 7) is 6.01. The molecule has 2 N–H and O–H groups in total. The Morgan fingerprint density at radius 3 is 2.15 bits per heavy atom. The summed E-state index contributed by atoms with van der Waals surface area (Å²) in [6.07, 6.45) is 0.482. The average molecular weight is 275 g/mol. The maximum absolute atomic E-state index is 11.9. The second-order valence-corrected chi connectivity index (χ2v) is 5.05. The third-order valence-electron chi connectivity index (χ3n) is 3.39. The minimum absolute atomic E-state index is 0.272. The molecule has 0 saturated carbocycles. The molecule has 0 unspecified atom stereocenters. The number of rotatable bonds is 5. The highest BCUT2D eigenvalue weighted by molar-refractivity contribution is 5.93. The highest BCUT2D eigenvalue weighted by Crippen LogP contribution is 2.20. The fraction of sp³-hybridized carbons (Fsp3) is 0.375. The molecule has 1 amide bonds. The second-order valence-electron chi connectivity index (χ2n) is 5.05. The van der Waals surface area contributed by atoms with Crippen molar-refractivity contribution in [1.82, 2.24) is 0 Å². The van der Waals surface area contributed by atoms with E-state index in [4.69, 9.17) is 10.5 Å². The molecule has 1 aromatic carbocycles. The van der Waals surface area contributed by atoms with E-state index < -0.39 is 5.91 Å². The molecule has 0 spiro atoms. The quantitative estimate of drug-likeness (QED) is 0.663. The lowest BCUT2D eigenvalue weighted by Crippen LogP contribution is -2.13. The predicted molar refractivity (Wildman–Crippen MR) is 78.2 cm³/mol. The van der Waals surface area contributed by atoms with Crippen molar-refractivity contribution in [3.8, 4) is 0 Å². The second kappa shape index (κ2) is 6.89. The molecule has 1 rings (SSSR count). The Bertz CT molecular complexity index is 527. The van der Waals surface area contributed by atoms with Gasteiger partial charge < -0.3 is 10.5 Å². The molecule has 108 valence electrons. The van der Waals surface area contributed by atoms with Crippen LogP contribution in [-0.2, 0) is 16.0 Å². The van der Waals surface area contributed by atoms with E-state index in [1.807, 2.05) is 20.8 Å².